The summed E-state index contributed by atoms with van der Waals surface area (Å²) >= 11 is 6.28. The zero-order chi connectivity index (χ0) is 27.1. The lowest BCUT2D eigenvalue weighted by molar-refractivity contribution is -0.144. The average molecular weight is 542 g/mol. The molecule has 10 heteroatoms. The van der Waals surface area contributed by atoms with Crippen LogP contribution in [-0.2, 0) is 19.1 Å². The standard InChI is InChI=1S/C28H32ClN3O6/c1-3-27-13-14-28(38-27)22(21(27)24(34)30-17-9-11-18(12-10-17)37-4-2)26(36)32(15-16-33)23(28)25(35)31-20-8-6-5-7-19(20)29/h5-12,21-23,33H,3-4,13-16H2,1-2H3,(H,30,34)(H,31,35)/t21-,22-,23?,27+,28?/m0/s1. The van der Waals surface area contributed by atoms with Crippen molar-refractivity contribution < 1.29 is 29.0 Å². The lowest BCUT2D eigenvalue weighted by Crippen LogP contribution is -2.53. The molecule has 3 N–H and O–H groups in total. The zero-order valence-corrected chi connectivity index (χ0v) is 22.2. The second kappa shape index (κ2) is 10.2. The number of nitrogens with zero attached hydrogens (tertiary/aromatic N) is 1. The molecule has 2 bridgehead atoms. The number of nitrogens with one attached hydrogen (secondary N) is 2. The zero-order valence-electron chi connectivity index (χ0n) is 21.4. The number of β-amino-alcohol motifs (C(OH)–C–C–N with tert-alkyl or cyclic N) is 1. The molecule has 2 aromatic rings. The number of carbonyl (C=O) groups excluding carboxylic acids is 3. The van der Waals surface area contributed by atoms with Gasteiger partial charge in [-0.05, 0) is 62.6 Å². The van der Waals surface area contributed by atoms with Gasteiger partial charge in [0.05, 0.1) is 41.4 Å². The van der Waals surface area contributed by atoms with Crippen molar-refractivity contribution in [3.63, 3.8) is 0 Å². The third-order valence-corrected chi connectivity index (χ3v) is 8.45. The first kappa shape index (κ1) is 26.5. The lowest BCUT2D eigenvalue weighted by atomic mass is 9.65. The first-order valence-electron chi connectivity index (χ1n) is 13.0. The van der Waals surface area contributed by atoms with Gasteiger partial charge in [-0.3, -0.25) is 14.4 Å². The summed E-state index contributed by atoms with van der Waals surface area (Å²) in [5.41, 5.74) is -1.07. The van der Waals surface area contributed by atoms with Gasteiger partial charge in [-0.1, -0.05) is 30.7 Å². The molecule has 5 rings (SSSR count). The van der Waals surface area contributed by atoms with Crippen LogP contribution in [0.25, 0.3) is 0 Å². The third-order valence-electron chi connectivity index (χ3n) is 8.12. The van der Waals surface area contributed by atoms with Crippen LogP contribution in [0.3, 0.4) is 0 Å². The molecule has 3 aliphatic rings. The number of rotatable bonds is 9. The molecule has 2 unspecified atom stereocenters. The van der Waals surface area contributed by atoms with Gasteiger partial charge in [0.2, 0.25) is 17.7 Å². The average Bonchev–Trinajstić information content (AvgIpc) is 3.51. The summed E-state index contributed by atoms with van der Waals surface area (Å²) in [7, 11) is 0. The number of halogens is 1. The number of amides is 3. The van der Waals surface area contributed by atoms with Gasteiger partial charge < -0.3 is 30.1 Å². The molecule has 0 saturated carbocycles. The van der Waals surface area contributed by atoms with Crippen LogP contribution < -0.4 is 15.4 Å². The predicted molar refractivity (Wildman–Crippen MR) is 142 cm³/mol. The Morgan fingerprint density at radius 1 is 1.11 bits per heavy atom. The first-order valence-corrected chi connectivity index (χ1v) is 13.4. The Morgan fingerprint density at radius 3 is 2.50 bits per heavy atom. The number of likely N-dealkylation sites (tertiary alicyclic amines) is 1. The van der Waals surface area contributed by atoms with E-state index in [0.717, 1.165) is 0 Å². The number of ether oxygens (including phenoxy) is 2. The van der Waals surface area contributed by atoms with Crippen LogP contribution in [0.4, 0.5) is 11.4 Å². The summed E-state index contributed by atoms with van der Waals surface area (Å²) in [6.45, 7) is 3.99. The van der Waals surface area contributed by atoms with E-state index in [4.69, 9.17) is 21.1 Å². The van der Waals surface area contributed by atoms with E-state index in [2.05, 4.69) is 10.6 Å². The van der Waals surface area contributed by atoms with Gasteiger partial charge in [-0.15, -0.1) is 0 Å². The fourth-order valence-corrected chi connectivity index (χ4v) is 6.73. The summed E-state index contributed by atoms with van der Waals surface area (Å²) in [6.07, 6.45) is 1.50. The number of hydrogen-bond donors (Lipinski definition) is 3. The minimum atomic E-state index is -1.19. The van der Waals surface area contributed by atoms with Crippen molar-refractivity contribution in [2.24, 2.45) is 11.8 Å². The molecule has 38 heavy (non-hydrogen) atoms. The van der Waals surface area contributed by atoms with E-state index in [-0.39, 0.29) is 25.0 Å². The Hall–Kier alpha value is -3.14. The molecule has 3 fully saturated rings. The number of para-hydroxylation sites is 1. The maximum atomic E-state index is 13.9. The first-order chi connectivity index (χ1) is 18.3. The number of anilines is 2. The lowest BCUT2D eigenvalue weighted by Gasteiger charge is -2.34. The van der Waals surface area contributed by atoms with Crippen molar-refractivity contribution in [2.75, 3.05) is 30.4 Å². The molecule has 0 aliphatic carbocycles. The summed E-state index contributed by atoms with van der Waals surface area (Å²) in [5, 5.41) is 15.9. The minimum Gasteiger partial charge on any atom is -0.494 e. The molecule has 0 radical (unpaired) electrons. The van der Waals surface area contributed by atoms with Crippen molar-refractivity contribution in [1.82, 2.24) is 4.90 Å². The van der Waals surface area contributed by atoms with Gasteiger partial charge in [-0.25, -0.2) is 0 Å². The molecule has 1 spiro atoms. The van der Waals surface area contributed by atoms with Gasteiger partial charge in [0.1, 0.15) is 17.4 Å². The summed E-state index contributed by atoms with van der Waals surface area (Å²) < 4.78 is 12.2. The molecule has 3 saturated heterocycles. The summed E-state index contributed by atoms with van der Waals surface area (Å²) in [6, 6.07) is 12.9. The van der Waals surface area contributed by atoms with Crippen molar-refractivity contribution in [3.8, 4) is 5.75 Å². The van der Waals surface area contributed by atoms with E-state index in [0.29, 0.717) is 48.0 Å². The second-order valence-corrected chi connectivity index (χ2v) is 10.4. The SMILES string of the molecule is CCOc1ccc(NC(=O)[C@@H]2[C@H]3C(=O)N(CCO)C(C(=O)Nc4ccccc4Cl)C34CC[C@@]2(CC)O4)cc1. The highest BCUT2D eigenvalue weighted by atomic mass is 35.5. The summed E-state index contributed by atoms with van der Waals surface area (Å²) in [4.78, 5) is 42.7. The largest absolute Gasteiger partial charge is 0.494 e. The smallest absolute Gasteiger partial charge is 0.250 e. The predicted octanol–water partition coefficient (Wildman–Crippen LogP) is 3.46. The van der Waals surface area contributed by atoms with Crippen molar-refractivity contribution >= 4 is 40.7 Å². The van der Waals surface area contributed by atoms with Crippen LogP contribution in [0.1, 0.15) is 33.1 Å². The number of carbonyl (C=O) groups is 3. The fourth-order valence-electron chi connectivity index (χ4n) is 6.55. The molecular formula is C28H32ClN3O6. The minimum absolute atomic E-state index is 0.0482. The Labute approximate surface area is 226 Å². The third kappa shape index (κ3) is 4.13. The number of benzene rings is 2. The van der Waals surface area contributed by atoms with E-state index in [1.807, 2.05) is 13.8 Å². The highest BCUT2D eigenvalue weighted by molar-refractivity contribution is 6.33. The van der Waals surface area contributed by atoms with Crippen molar-refractivity contribution in [2.45, 2.75) is 50.4 Å². The van der Waals surface area contributed by atoms with Gasteiger partial charge in [0, 0.05) is 12.2 Å². The highest BCUT2D eigenvalue weighted by Crippen LogP contribution is 2.64. The number of aliphatic hydroxyl groups excluding tert-OH is 1. The number of fused-ring (bicyclic) bond motifs is 1. The van der Waals surface area contributed by atoms with Gasteiger partial charge >= 0.3 is 0 Å². The van der Waals surface area contributed by atoms with E-state index >= 15 is 0 Å². The Kier molecular flexibility index (Phi) is 7.11. The fraction of sp³-hybridized carbons (Fsp3) is 0.464. The van der Waals surface area contributed by atoms with E-state index in [1.54, 1.807) is 48.5 Å². The van der Waals surface area contributed by atoms with Crippen LogP contribution in [0.5, 0.6) is 5.75 Å². The van der Waals surface area contributed by atoms with Crippen LogP contribution in [-0.4, -0.2) is 64.7 Å². The maximum Gasteiger partial charge on any atom is 0.250 e. The monoisotopic (exact) mass is 541 g/mol. The van der Waals surface area contributed by atoms with Gasteiger partial charge in [0.15, 0.2) is 0 Å². The molecule has 3 aliphatic heterocycles. The number of hydrogen-bond acceptors (Lipinski definition) is 6. The normalized spacial score (nSPS) is 29.3. The topological polar surface area (TPSA) is 117 Å². The van der Waals surface area contributed by atoms with Crippen molar-refractivity contribution in [1.29, 1.82) is 0 Å². The Bertz CT molecular complexity index is 1240. The molecule has 3 amide bonds. The van der Waals surface area contributed by atoms with Gasteiger partial charge in [0.25, 0.3) is 0 Å². The van der Waals surface area contributed by atoms with Crippen LogP contribution >= 0.6 is 11.6 Å². The highest BCUT2D eigenvalue weighted by Gasteiger charge is 2.78. The van der Waals surface area contributed by atoms with Crippen molar-refractivity contribution in [3.05, 3.63) is 53.6 Å². The molecule has 9 nitrogen and oxygen atoms in total. The molecule has 3 heterocycles. The van der Waals surface area contributed by atoms with E-state index < -0.39 is 35.0 Å². The van der Waals surface area contributed by atoms with Crippen LogP contribution in [0, 0.1) is 11.8 Å². The Morgan fingerprint density at radius 2 is 1.84 bits per heavy atom. The van der Waals surface area contributed by atoms with E-state index in [1.165, 1.54) is 4.90 Å². The van der Waals surface area contributed by atoms with Gasteiger partial charge in [-0.2, -0.15) is 0 Å². The molecular weight excluding hydrogens is 510 g/mol. The second-order valence-electron chi connectivity index (χ2n) is 10.0. The molecule has 5 atom stereocenters. The molecule has 0 aromatic heterocycles. The maximum absolute atomic E-state index is 13.9. The van der Waals surface area contributed by atoms with E-state index in [9.17, 15) is 19.5 Å². The summed E-state index contributed by atoms with van der Waals surface area (Å²) in [5.74, 6) is -2.10. The molecule has 202 valence electrons. The van der Waals surface area contributed by atoms with Crippen LogP contribution in [0.15, 0.2) is 48.5 Å². The van der Waals surface area contributed by atoms with Crippen LogP contribution in [0.2, 0.25) is 5.02 Å². The molecule has 2 aromatic carbocycles. The quantitative estimate of drug-likeness (QED) is 0.447. The Balaban J connectivity index is 1.47. The number of aliphatic hydroxyl groups is 1.